The lowest BCUT2D eigenvalue weighted by Crippen LogP contribution is -2.35. The molecular weight excluding hydrogens is 419 g/mol. The largest absolute Gasteiger partial charge is 0.452 e. The number of carbonyl (C=O) groups is 3. The van der Waals surface area contributed by atoms with Crippen LogP contribution in [0.15, 0.2) is 59.1 Å². The van der Waals surface area contributed by atoms with E-state index in [2.05, 4.69) is 26.6 Å². The second-order valence-corrected chi connectivity index (χ2v) is 6.15. The number of benzene rings is 2. The quantitative estimate of drug-likeness (QED) is 0.518. The number of carbonyl (C=O) groups excluding carboxylic acids is 3. The monoisotopic (exact) mass is 434 g/mol. The van der Waals surface area contributed by atoms with Gasteiger partial charge in [-0.15, -0.1) is 0 Å². The fourth-order valence-electron chi connectivity index (χ4n) is 1.91. The highest BCUT2D eigenvalue weighted by molar-refractivity contribution is 9.10. The van der Waals surface area contributed by atoms with Crippen molar-refractivity contribution in [2.45, 2.75) is 0 Å². The molecule has 2 rings (SSSR count). The average molecular weight is 435 g/mol. The van der Waals surface area contributed by atoms with Crippen molar-refractivity contribution in [3.8, 4) is 0 Å². The van der Waals surface area contributed by atoms with Crippen molar-refractivity contribution in [1.82, 2.24) is 5.32 Å². The van der Waals surface area contributed by atoms with E-state index in [9.17, 15) is 18.8 Å². The average Bonchev–Trinajstić information content (AvgIpc) is 2.66. The van der Waals surface area contributed by atoms with Crippen LogP contribution in [0.2, 0.25) is 0 Å². The lowest BCUT2D eigenvalue weighted by molar-refractivity contribution is -0.143. The molecule has 0 atom stereocenters. The predicted octanol–water partition coefficient (Wildman–Crippen LogP) is 2.90. The molecule has 0 aliphatic heterocycles. The number of amides is 2. The second kappa shape index (κ2) is 10.2. The molecule has 0 aliphatic carbocycles. The Morgan fingerprint density at radius 2 is 1.74 bits per heavy atom. The number of rotatable bonds is 7. The molecule has 8 heteroatoms. The summed E-state index contributed by atoms with van der Waals surface area (Å²) >= 11 is 3.30. The number of anilines is 1. The number of ether oxygens (including phenoxy) is 1. The molecule has 0 unspecified atom stereocenters. The van der Waals surface area contributed by atoms with Crippen LogP contribution in [-0.4, -0.2) is 30.9 Å². The number of hydrogen-bond acceptors (Lipinski definition) is 4. The van der Waals surface area contributed by atoms with Crippen LogP contribution in [0.1, 0.15) is 5.56 Å². The first-order chi connectivity index (χ1) is 12.9. The second-order valence-electron chi connectivity index (χ2n) is 5.30. The Morgan fingerprint density at radius 1 is 1.04 bits per heavy atom. The first-order valence-electron chi connectivity index (χ1n) is 7.85. The molecule has 2 aromatic rings. The molecule has 0 saturated carbocycles. The summed E-state index contributed by atoms with van der Waals surface area (Å²) in [5.41, 5.74) is 1.19. The maximum atomic E-state index is 12.8. The Hall–Kier alpha value is -3.00. The van der Waals surface area contributed by atoms with Crippen molar-refractivity contribution in [1.29, 1.82) is 0 Å². The van der Waals surface area contributed by atoms with E-state index >= 15 is 0 Å². The standard InChI is InChI=1S/C19H16BrFN2O4/c20-15-3-1-2-4-16(15)23-17(24)11-22-18(25)12-27-19(26)10-7-13-5-8-14(21)9-6-13/h1-10H,11-12H2,(H,22,25)(H,23,24)/b10-7+. The fraction of sp³-hybridized carbons (Fsp3) is 0.105. The van der Waals surface area contributed by atoms with Crippen LogP contribution in [0, 0.1) is 5.82 Å². The molecule has 140 valence electrons. The molecule has 2 aromatic carbocycles. The zero-order chi connectivity index (χ0) is 19.6. The summed E-state index contributed by atoms with van der Waals surface area (Å²) in [4.78, 5) is 35.0. The van der Waals surface area contributed by atoms with Crippen LogP contribution in [0.25, 0.3) is 6.08 Å². The van der Waals surface area contributed by atoms with Gasteiger partial charge in [-0.2, -0.15) is 0 Å². The summed E-state index contributed by atoms with van der Waals surface area (Å²) in [5, 5.41) is 4.97. The zero-order valence-corrected chi connectivity index (χ0v) is 15.7. The maximum Gasteiger partial charge on any atom is 0.331 e. The molecule has 0 saturated heterocycles. The van der Waals surface area contributed by atoms with E-state index in [1.165, 1.54) is 30.3 Å². The number of nitrogens with one attached hydrogen (secondary N) is 2. The minimum absolute atomic E-state index is 0.261. The van der Waals surface area contributed by atoms with Crippen LogP contribution in [0.3, 0.4) is 0 Å². The summed E-state index contributed by atoms with van der Waals surface area (Å²) in [6.45, 7) is -0.780. The van der Waals surface area contributed by atoms with Crippen molar-refractivity contribution >= 4 is 45.5 Å². The number of esters is 1. The highest BCUT2D eigenvalue weighted by Gasteiger charge is 2.09. The molecule has 0 bridgehead atoms. The van der Waals surface area contributed by atoms with Gasteiger partial charge in [-0.3, -0.25) is 9.59 Å². The predicted molar refractivity (Wildman–Crippen MR) is 102 cm³/mol. The summed E-state index contributed by atoms with van der Waals surface area (Å²) in [6, 6.07) is 12.6. The van der Waals surface area contributed by atoms with Gasteiger partial charge in [0.1, 0.15) is 5.82 Å². The minimum Gasteiger partial charge on any atom is -0.452 e. The van der Waals surface area contributed by atoms with E-state index in [0.717, 1.165) is 6.08 Å². The van der Waals surface area contributed by atoms with Crippen molar-refractivity contribution < 1.29 is 23.5 Å². The Morgan fingerprint density at radius 3 is 2.44 bits per heavy atom. The smallest absolute Gasteiger partial charge is 0.331 e. The fourth-order valence-corrected chi connectivity index (χ4v) is 2.29. The maximum absolute atomic E-state index is 12.8. The lowest BCUT2D eigenvalue weighted by Gasteiger charge is -2.08. The van der Waals surface area contributed by atoms with Gasteiger partial charge in [0.05, 0.1) is 12.2 Å². The number of halogens is 2. The number of hydrogen-bond donors (Lipinski definition) is 2. The molecule has 6 nitrogen and oxygen atoms in total. The van der Waals surface area contributed by atoms with Gasteiger partial charge in [-0.1, -0.05) is 24.3 Å². The van der Waals surface area contributed by atoms with Gasteiger partial charge in [0.25, 0.3) is 5.91 Å². The van der Waals surface area contributed by atoms with Crippen LogP contribution in [0.5, 0.6) is 0 Å². The minimum atomic E-state index is -0.729. The Kier molecular flexibility index (Phi) is 7.69. The Bertz CT molecular complexity index is 853. The molecule has 2 amide bonds. The Labute approximate surface area is 163 Å². The van der Waals surface area contributed by atoms with Crippen LogP contribution >= 0.6 is 15.9 Å². The topological polar surface area (TPSA) is 84.5 Å². The summed E-state index contributed by atoms with van der Waals surface area (Å²) in [7, 11) is 0. The number of para-hydroxylation sites is 1. The third kappa shape index (κ3) is 7.41. The normalized spacial score (nSPS) is 10.4. The first-order valence-corrected chi connectivity index (χ1v) is 8.65. The van der Waals surface area contributed by atoms with Gasteiger partial charge in [-0.05, 0) is 51.8 Å². The SMILES string of the molecule is O=C(COC(=O)/C=C/c1ccc(F)cc1)NCC(=O)Nc1ccccc1Br. The zero-order valence-electron chi connectivity index (χ0n) is 14.1. The van der Waals surface area contributed by atoms with E-state index in [1.807, 2.05) is 0 Å². The molecule has 0 radical (unpaired) electrons. The van der Waals surface area contributed by atoms with Gasteiger partial charge >= 0.3 is 5.97 Å². The van der Waals surface area contributed by atoms with Crippen LogP contribution < -0.4 is 10.6 Å². The highest BCUT2D eigenvalue weighted by Crippen LogP contribution is 2.20. The van der Waals surface area contributed by atoms with E-state index < -0.39 is 24.4 Å². The van der Waals surface area contributed by atoms with E-state index in [-0.39, 0.29) is 12.4 Å². The van der Waals surface area contributed by atoms with Crippen molar-refractivity contribution in [3.05, 3.63) is 70.5 Å². The third-order valence-corrected chi connectivity index (χ3v) is 3.91. The van der Waals surface area contributed by atoms with E-state index in [0.29, 0.717) is 15.7 Å². The third-order valence-electron chi connectivity index (χ3n) is 3.22. The molecule has 27 heavy (non-hydrogen) atoms. The highest BCUT2D eigenvalue weighted by atomic mass is 79.9. The van der Waals surface area contributed by atoms with Gasteiger partial charge in [0.2, 0.25) is 5.91 Å². The van der Waals surface area contributed by atoms with Crippen LogP contribution in [-0.2, 0) is 19.1 Å². The first kappa shape index (κ1) is 20.3. The summed E-state index contributed by atoms with van der Waals surface area (Å²) in [5.74, 6) is -2.14. The molecule has 0 aliphatic rings. The molecule has 0 aromatic heterocycles. The van der Waals surface area contributed by atoms with Crippen LogP contribution in [0.4, 0.5) is 10.1 Å². The summed E-state index contributed by atoms with van der Waals surface area (Å²) in [6.07, 6.45) is 2.56. The Balaban J connectivity index is 1.69. The van der Waals surface area contributed by atoms with Crippen molar-refractivity contribution in [2.75, 3.05) is 18.5 Å². The summed E-state index contributed by atoms with van der Waals surface area (Å²) < 4.78 is 18.3. The van der Waals surface area contributed by atoms with Gasteiger partial charge in [0.15, 0.2) is 6.61 Å². The van der Waals surface area contributed by atoms with E-state index in [1.54, 1.807) is 24.3 Å². The molecule has 0 heterocycles. The van der Waals surface area contributed by atoms with Crippen molar-refractivity contribution in [2.24, 2.45) is 0 Å². The molecule has 2 N–H and O–H groups in total. The molecular formula is C19H16BrFN2O4. The van der Waals surface area contributed by atoms with Gasteiger partial charge in [-0.25, -0.2) is 9.18 Å². The van der Waals surface area contributed by atoms with Crippen molar-refractivity contribution in [3.63, 3.8) is 0 Å². The lowest BCUT2D eigenvalue weighted by atomic mass is 10.2. The molecule has 0 fully saturated rings. The van der Waals surface area contributed by atoms with Gasteiger partial charge in [0, 0.05) is 10.5 Å². The molecule has 0 spiro atoms. The van der Waals surface area contributed by atoms with Gasteiger partial charge < -0.3 is 15.4 Å². The van der Waals surface area contributed by atoms with E-state index in [4.69, 9.17) is 4.74 Å².